The Morgan fingerprint density at radius 2 is 2.25 bits per heavy atom. The van der Waals surface area contributed by atoms with Crippen molar-refractivity contribution in [1.82, 2.24) is 0 Å². The Morgan fingerprint density at radius 1 is 1.50 bits per heavy atom. The zero-order chi connectivity index (χ0) is 8.97. The first kappa shape index (κ1) is 10.4. The first-order chi connectivity index (χ1) is 5.83. The van der Waals surface area contributed by atoms with Gasteiger partial charge >= 0.3 is 0 Å². The standard InChI is InChI=1S/C8H8Br2OS/c9-4-6-2-1-3-8(12-11)7(6)5-10/h1-3,7H,4-5H2. The number of halogens is 2. The lowest BCUT2D eigenvalue weighted by Gasteiger charge is -2.17. The maximum atomic E-state index is 10.7. The van der Waals surface area contributed by atoms with Gasteiger partial charge in [-0.05, 0) is 6.08 Å². The summed E-state index contributed by atoms with van der Waals surface area (Å²) in [6, 6.07) is 0. The number of hydrogen-bond acceptors (Lipinski definition) is 1. The molecule has 12 heavy (non-hydrogen) atoms. The lowest BCUT2D eigenvalue weighted by Crippen LogP contribution is -2.19. The summed E-state index contributed by atoms with van der Waals surface area (Å²) in [5.74, 6) is 0.261. The smallest absolute Gasteiger partial charge is 0.0927 e. The number of allylic oxidation sites excluding steroid dienone is 4. The number of hydrogen-bond donors (Lipinski definition) is 0. The molecule has 0 saturated carbocycles. The molecule has 4 heteroatoms. The van der Waals surface area contributed by atoms with E-state index in [0.717, 1.165) is 15.5 Å². The van der Waals surface area contributed by atoms with E-state index in [0.29, 0.717) is 11.3 Å². The van der Waals surface area contributed by atoms with E-state index < -0.39 is 0 Å². The van der Waals surface area contributed by atoms with E-state index in [1.54, 1.807) is 0 Å². The second-order valence-electron chi connectivity index (χ2n) is 2.43. The lowest BCUT2D eigenvalue weighted by atomic mass is 9.95. The molecule has 1 rings (SSSR count). The van der Waals surface area contributed by atoms with Crippen LogP contribution in [0.25, 0.3) is 0 Å². The van der Waals surface area contributed by atoms with Gasteiger partial charge in [-0.15, -0.1) is 0 Å². The van der Waals surface area contributed by atoms with Crippen LogP contribution < -0.4 is 0 Å². The molecule has 0 heterocycles. The van der Waals surface area contributed by atoms with E-state index in [2.05, 4.69) is 37.9 Å². The van der Waals surface area contributed by atoms with E-state index in [-0.39, 0.29) is 5.92 Å². The Labute approximate surface area is 92.3 Å². The molecule has 0 aromatic carbocycles. The minimum Gasteiger partial charge on any atom is -0.212 e. The molecule has 0 aromatic rings. The van der Waals surface area contributed by atoms with E-state index in [9.17, 15) is 4.21 Å². The van der Waals surface area contributed by atoms with Crippen LogP contribution in [-0.4, -0.2) is 19.7 Å². The minimum absolute atomic E-state index is 0.261. The van der Waals surface area contributed by atoms with Crippen molar-refractivity contribution in [2.45, 2.75) is 0 Å². The van der Waals surface area contributed by atoms with Crippen LogP contribution in [0.4, 0.5) is 0 Å². The maximum absolute atomic E-state index is 10.7. The van der Waals surface area contributed by atoms with Gasteiger partial charge in [0.2, 0.25) is 0 Å². The highest BCUT2D eigenvalue weighted by atomic mass is 79.9. The molecule has 0 aromatic heterocycles. The van der Waals surface area contributed by atoms with Gasteiger partial charge in [0.1, 0.15) is 0 Å². The summed E-state index contributed by atoms with van der Waals surface area (Å²) in [6.07, 6.45) is 5.87. The van der Waals surface area contributed by atoms with Gasteiger partial charge in [-0.2, -0.15) is 0 Å². The van der Waals surface area contributed by atoms with Gasteiger partial charge in [0.15, 0.2) is 0 Å². The summed E-state index contributed by atoms with van der Waals surface area (Å²) in [4.78, 5) is 0.892. The van der Waals surface area contributed by atoms with Gasteiger partial charge in [0.25, 0.3) is 0 Å². The molecule has 1 atom stereocenters. The molecule has 0 radical (unpaired) electrons. The molecule has 1 nitrogen and oxygen atoms in total. The van der Waals surface area contributed by atoms with Crippen LogP contribution in [0.5, 0.6) is 0 Å². The zero-order valence-electron chi connectivity index (χ0n) is 6.30. The lowest BCUT2D eigenvalue weighted by molar-refractivity contribution is 0.700. The molecule has 0 saturated heterocycles. The van der Waals surface area contributed by atoms with E-state index >= 15 is 0 Å². The van der Waals surface area contributed by atoms with Gasteiger partial charge in [-0.25, -0.2) is 4.21 Å². The highest BCUT2D eigenvalue weighted by Gasteiger charge is 2.18. The fourth-order valence-electron chi connectivity index (χ4n) is 1.08. The molecule has 0 spiro atoms. The van der Waals surface area contributed by atoms with Crippen LogP contribution in [0.2, 0.25) is 0 Å². The molecule has 66 valence electrons. The van der Waals surface area contributed by atoms with Crippen molar-refractivity contribution in [2.24, 2.45) is 5.92 Å². The summed E-state index contributed by atoms with van der Waals surface area (Å²) in [6.45, 7) is 0. The van der Waals surface area contributed by atoms with Crippen LogP contribution in [0.1, 0.15) is 0 Å². The molecular weight excluding hydrogens is 304 g/mol. The second kappa shape index (κ2) is 5.14. The first-order valence-corrected chi connectivity index (χ1v) is 6.47. The molecule has 0 N–H and O–H groups in total. The van der Waals surface area contributed by atoms with Crippen molar-refractivity contribution < 1.29 is 4.21 Å². The fraction of sp³-hybridized carbons (Fsp3) is 0.375. The molecule has 0 aliphatic heterocycles. The van der Waals surface area contributed by atoms with E-state index in [4.69, 9.17) is 0 Å². The third-order valence-corrected chi connectivity index (χ3v) is 3.67. The summed E-state index contributed by atoms with van der Waals surface area (Å²) < 4.78 is 10.7. The van der Waals surface area contributed by atoms with Crippen molar-refractivity contribution in [1.29, 1.82) is 0 Å². The first-order valence-electron chi connectivity index (χ1n) is 3.49. The molecule has 0 bridgehead atoms. The topological polar surface area (TPSA) is 17.1 Å². The molecular formula is C8H8Br2OS. The molecule has 1 aliphatic rings. The largest absolute Gasteiger partial charge is 0.212 e. The third-order valence-electron chi connectivity index (χ3n) is 1.77. The second-order valence-corrected chi connectivity index (χ2v) is 4.27. The summed E-state index contributed by atoms with van der Waals surface area (Å²) in [5.41, 5.74) is 1.26. The highest BCUT2D eigenvalue weighted by Crippen LogP contribution is 2.21. The number of rotatable bonds is 2. The highest BCUT2D eigenvalue weighted by molar-refractivity contribution is 9.09. The van der Waals surface area contributed by atoms with Gasteiger partial charge < -0.3 is 0 Å². The predicted molar refractivity (Wildman–Crippen MR) is 61.5 cm³/mol. The van der Waals surface area contributed by atoms with Crippen LogP contribution >= 0.6 is 31.9 Å². The Morgan fingerprint density at radius 3 is 2.75 bits per heavy atom. The predicted octanol–water partition coefficient (Wildman–Crippen LogP) is 2.27. The summed E-state index contributed by atoms with van der Waals surface area (Å²) in [7, 11) is 0. The number of alkyl halides is 2. The third kappa shape index (κ3) is 2.18. The van der Waals surface area contributed by atoms with Crippen LogP contribution in [0.15, 0.2) is 23.8 Å². The van der Waals surface area contributed by atoms with Crippen LogP contribution in [0.3, 0.4) is 0 Å². The molecule has 1 aliphatic carbocycles. The van der Waals surface area contributed by atoms with Crippen LogP contribution in [0, 0.1) is 5.92 Å². The Bertz CT molecular complexity index is 277. The fourth-order valence-corrected chi connectivity index (χ4v) is 3.12. The van der Waals surface area contributed by atoms with Crippen molar-refractivity contribution in [3.8, 4) is 0 Å². The average Bonchev–Trinajstić information content (AvgIpc) is 2.16. The van der Waals surface area contributed by atoms with Gasteiger partial charge in [-0.3, -0.25) is 0 Å². The van der Waals surface area contributed by atoms with E-state index in [1.807, 2.05) is 12.2 Å². The Kier molecular flexibility index (Phi) is 4.46. The van der Waals surface area contributed by atoms with Crippen molar-refractivity contribution in [2.75, 3.05) is 10.7 Å². The van der Waals surface area contributed by atoms with Gasteiger partial charge in [0.05, 0.1) is 16.1 Å². The zero-order valence-corrected chi connectivity index (χ0v) is 10.3. The Balaban J connectivity index is 2.96. The van der Waals surface area contributed by atoms with Gasteiger partial charge in [0, 0.05) is 16.6 Å². The van der Waals surface area contributed by atoms with E-state index in [1.165, 1.54) is 5.57 Å². The Hall–Kier alpha value is 0.330. The SMILES string of the molecule is O=S=C1C=CC=C(CBr)C1CBr. The minimum atomic E-state index is 0.261. The quantitative estimate of drug-likeness (QED) is 0.565. The average molecular weight is 312 g/mol. The molecule has 0 fully saturated rings. The summed E-state index contributed by atoms with van der Waals surface area (Å²) in [5, 5.41) is 1.65. The van der Waals surface area contributed by atoms with Crippen LogP contribution in [-0.2, 0) is 11.3 Å². The molecule has 0 amide bonds. The van der Waals surface area contributed by atoms with Crippen molar-refractivity contribution in [3.05, 3.63) is 23.8 Å². The van der Waals surface area contributed by atoms with Crippen molar-refractivity contribution >= 4 is 48.0 Å². The maximum Gasteiger partial charge on any atom is 0.0927 e. The molecule has 1 unspecified atom stereocenters. The normalized spacial score (nSPS) is 22.3. The van der Waals surface area contributed by atoms with Gasteiger partial charge in [-0.1, -0.05) is 49.6 Å². The monoisotopic (exact) mass is 310 g/mol. The summed E-state index contributed by atoms with van der Waals surface area (Å²) >= 11 is 7.39. The van der Waals surface area contributed by atoms with Crippen molar-refractivity contribution in [3.63, 3.8) is 0 Å².